The average Bonchev–Trinajstić information content (AvgIpc) is 2.55. The molecule has 12 heavy (non-hydrogen) atoms. The lowest BCUT2D eigenvalue weighted by molar-refractivity contribution is 0.515. The predicted octanol–water partition coefficient (Wildman–Crippen LogP) is 2.83. The molecule has 2 fully saturated rings. The van der Waals surface area contributed by atoms with Crippen LogP contribution in [-0.4, -0.2) is 5.54 Å². The van der Waals surface area contributed by atoms with Crippen molar-refractivity contribution in [3.63, 3.8) is 0 Å². The van der Waals surface area contributed by atoms with Crippen molar-refractivity contribution in [2.24, 2.45) is 5.92 Å². The van der Waals surface area contributed by atoms with Gasteiger partial charge < -0.3 is 5.32 Å². The Hall–Kier alpha value is -0.460. The van der Waals surface area contributed by atoms with Crippen LogP contribution in [0.4, 0.5) is 0 Å². The zero-order chi connectivity index (χ0) is 8.60. The van der Waals surface area contributed by atoms with E-state index in [9.17, 15) is 0 Å². The van der Waals surface area contributed by atoms with Gasteiger partial charge in [-0.2, -0.15) is 0 Å². The van der Waals surface area contributed by atoms with E-state index in [-0.39, 0.29) is 0 Å². The smallest absolute Gasteiger partial charge is 0.0344 e. The van der Waals surface area contributed by atoms with Crippen molar-refractivity contribution < 1.29 is 0 Å². The van der Waals surface area contributed by atoms with Crippen LogP contribution < -0.4 is 5.32 Å². The van der Waals surface area contributed by atoms with Gasteiger partial charge in [0.15, 0.2) is 0 Å². The van der Waals surface area contributed by atoms with Gasteiger partial charge in [-0.25, -0.2) is 0 Å². The summed E-state index contributed by atoms with van der Waals surface area (Å²) in [6.07, 6.45) is 8.20. The Labute approximate surface area is 75.2 Å². The molecule has 2 rings (SSSR count). The van der Waals surface area contributed by atoms with E-state index in [0.29, 0.717) is 5.54 Å². The maximum atomic E-state index is 4.15. The second-order valence-corrected chi connectivity index (χ2v) is 4.69. The third-order valence-electron chi connectivity index (χ3n) is 3.31. The van der Waals surface area contributed by atoms with Crippen LogP contribution in [0.2, 0.25) is 0 Å². The summed E-state index contributed by atoms with van der Waals surface area (Å²) in [7, 11) is 0. The van der Waals surface area contributed by atoms with Gasteiger partial charge in [0, 0.05) is 11.2 Å². The summed E-state index contributed by atoms with van der Waals surface area (Å²) in [5.41, 5.74) is 1.74. The molecule has 0 atom stereocenters. The maximum Gasteiger partial charge on any atom is 0.0344 e. The van der Waals surface area contributed by atoms with Gasteiger partial charge in [-0.1, -0.05) is 19.4 Å². The SMILES string of the molecule is C=C(NC1(C)CC1)C1CCCC1. The fourth-order valence-corrected chi connectivity index (χ4v) is 2.08. The first kappa shape index (κ1) is 8.15. The number of allylic oxidation sites excluding steroid dienone is 1. The summed E-state index contributed by atoms with van der Waals surface area (Å²) in [5, 5.41) is 3.58. The zero-order valence-corrected chi connectivity index (χ0v) is 8.03. The Morgan fingerprint density at radius 3 is 2.42 bits per heavy atom. The van der Waals surface area contributed by atoms with E-state index in [1.807, 2.05) is 0 Å². The molecular weight excluding hydrogens is 146 g/mol. The van der Waals surface area contributed by atoms with Crippen molar-refractivity contribution in [3.05, 3.63) is 12.3 Å². The van der Waals surface area contributed by atoms with Gasteiger partial charge in [-0.3, -0.25) is 0 Å². The summed E-state index contributed by atoms with van der Waals surface area (Å²) in [4.78, 5) is 0. The van der Waals surface area contributed by atoms with Crippen LogP contribution in [-0.2, 0) is 0 Å². The van der Waals surface area contributed by atoms with E-state index in [1.54, 1.807) is 0 Å². The molecule has 0 amide bonds. The fourth-order valence-electron chi connectivity index (χ4n) is 2.08. The lowest BCUT2D eigenvalue weighted by Gasteiger charge is -2.20. The Bertz CT molecular complexity index is 185. The number of hydrogen-bond donors (Lipinski definition) is 1. The standard InChI is InChI=1S/C11H19N/c1-9(10-5-3-4-6-10)12-11(2)7-8-11/h10,12H,1,3-8H2,2H3. The molecule has 1 N–H and O–H groups in total. The summed E-state index contributed by atoms with van der Waals surface area (Å²) in [6.45, 7) is 6.45. The molecule has 0 aliphatic heterocycles. The van der Waals surface area contributed by atoms with Crippen LogP contribution in [0.1, 0.15) is 45.4 Å². The van der Waals surface area contributed by atoms with Crippen molar-refractivity contribution in [3.8, 4) is 0 Å². The monoisotopic (exact) mass is 165 g/mol. The zero-order valence-electron chi connectivity index (χ0n) is 8.03. The summed E-state index contributed by atoms with van der Waals surface area (Å²) >= 11 is 0. The Balaban J connectivity index is 1.83. The molecule has 0 saturated heterocycles. The maximum absolute atomic E-state index is 4.15. The second-order valence-electron chi connectivity index (χ2n) is 4.69. The van der Waals surface area contributed by atoms with Crippen molar-refractivity contribution in [2.75, 3.05) is 0 Å². The van der Waals surface area contributed by atoms with Gasteiger partial charge in [0.25, 0.3) is 0 Å². The highest BCUT2D eigenvalue weighted by Crippen LogP contribution is 2.38. The first-order chi connectivity index (χ1) is 5.70. The van der Waals surface area contributed by atoms with Crippen molar-refractivity contribution in [1.82, 2.24) is 5.32 Å². The highest BCUT2D eigenvalue weighted by atomic mass is 15.0. The highest BCUT2D eigenvalue weighted by molar-refractivity contribution is 5.10. The van der Waals surface area contributed by atoms with Crippen LogP contribution in [0.3, 0.4) is 0 Å². The van der Waals surface area contributed by atoms with Gasteiger partial charge in [0.05, 0.1) is 0 Å². The number of hydrogen-bond acceptors (Lipinski definition) is 1. The van der Waals surface area contributed by atoms with E-state index in [2.05, 4.69) is 18.8 Å². The topological polar surface area (TPSA) is 12.0 Å². The third-order valence-corrected chi connectivity index (χ3v) is 3.31. The van der Waals surface area contributed by atoms with Gasteiger partial charge in [0.2, 0.25) is 0 Å². The van der Waals surface area contributed by atoms with E-state index in [0.717, 1.165) is 5.92 Å². The highest BCUT2D eigenvalue weighted by Gasteiger charge is 2.38. The molecule has 0 unspecified atom stereocenters. The molecule has 2 saturated carbocycles. The molecule has 2 aliphatic rings. The number of nitrogens with one attached hydrogen (secondary N) is 1. The Morgan fingerprint density at radius 2 is 1.92 bits per heavy atom. The molecule has 0 aromatic heterocycles. The Morgan fingerprint density at radius 1 is 1.33 bits per heavy atom. The predicted molar refractivity (Wildman–Crippen MR) is 51.9 cm³/mol. The van der Waals surface area contributed by atoms with E-state index in [1.165, 1.54) is 44.2 Å². The largest absolute Gasteiger partial charge is 0.383 e. The van der Waals surface area contributed by atoms with E-state index >= 15 is 0 Å². The first-order valence-corrected chi connectivity index (χ1v) is 5.17. The quantitative estimate of drug-likeness (QED) is 0.678. The van der Waals surface area contributed by atoms with Gasteiger partial charge in [-0.15, -0.1) is 0 Å². The molecule has 1 nitrogen and oxygen atoms in total. The van der Waals surface area contributed by atoms with Crippen LogP contribution in [0.5, 0.6) is 0 Å². The van der Waals surface area contributed by atoms with Crippen LogP contribution in [0, 0.1) is 5.92 Å². The molecule has 2 aliphatic carbocycles. The molecule has 1 heteroatoms. The minimum Gasteiger partial charge on any atom is -0.383 e. The Kier molecular flexibility index (Phi) is 1.90. The average molecular weight is 165 g/mol. The third kappa shape index (κ3) is 1.65. The minimum atomic E-state index is 0.430. The van der Waals surface area contributed by atoms with Gasteiger partial charge in [-0.05, 0) is 38.5 Å². The molecule has 0 aromatic rings. The van der Waals surface area contributed by atoms with Crippen LogP contribution in [0.15, 0.2) is 12.3 Å². The van der Waals surface area contributed by atoms with Crippen molar-refractivity contribution in [2.45, 2.75) is 51.0 Å². The first-order valence-electron chi connectivity index (χ1n) is 5.17. The van der Waals surface area contributed by atoms with Gasteiger partial charge in [0.1, 0.15) is 0 Å². The van der Waals surface area contributed by atoms with Crippen molar-refractivity contribution in [1.29, 1.82) is 0 Å². The summed E-state index contributed by atoms with van der Waals surface area (Å²) in [6, 6.07) is 0. The molecular formula is C11H19N. The minimum absolute atomic E-state index is 0.430. The number of rotatable bonds is 3. The second kappa shape index (κ2) is 2.79. The van der Waals surface area contributed by atoms with Gasteiger partial charge >= 0.3 is 0 Å². The summed E-state index contributed by atoms with van der Waals surface area (Å²) < 4.78 is 0. The molecule has 0 aromatic carbocycles. The molecule has 0 bridgehead atoms. The normalized spacial score (nSPS) is 27.1. The van der Waals surface area contributed by atoms with Crippen LogP contribution >= 0.6 is 0 Å². The molecule has 0 radical (unpaired) electrons. The van der Waals surface area contributed by atoms with Crippen molar-refractivity contribution >= 4 is 0 Å². The lowest BCUT2D eigenvalue weighted by atomic mass is 10.0. The molecule has 68 valence electrons. The molecule has 0 spiro atoms. The lowest BCUT2D eigenvalue weighted by Crippen LogP contribution is -2.29. The molecule has 0 heterocycles. The van der Waals surface area contributed by atoms with Crippen LogP contribution in [0.25, 0.3) is 0 Å². The van der Waals surface area contributed by atoms with E-state index < -0.39 is 0 Å². The summed E-state index contributed by atoms with van der Waals surface area (Å²) in [5.74, 6) is 0.780. The van der Waals surface area contributed by atoms with E-state index in [4.69, 9.17) is 0 Å². The fraction of sp³-hybridized carbons (Fsp3) is 0.818.